The molecule has 2 rings (SSSR count). The zero-order chi connectivity index (χ0) is 11.9. The second kappa shape index (κ2) is 3.89. The first kappa shape index (κ1) is 11.7. The molecule has 1 aliphatic heterocycles. The molecule has 90 valence electrons. The van der Waals surface area contributed by atoms with Crippen LogP contribution in [-0.4, -0.2) is 38.3 Å². The molecular formula is C11H18N2O2S. The Morgan fingerprint density at radius 2 is 2.19 bits per heavy atom. The van der Waals surface area contributed by atoms with Gasteiger partial charge in [-0.25, -0.2) is 8.42 Å². The Bertz CT molecular complexity index is 449. The lowest BCUT2D eigenvalue weighted by Gasteiger charge is -2.28. The van der Waals surface area contributed by atoms with Gasteiger partial charge in [0.1, 0.15) is 0 Å². The number of nitrogens with one attached hydrogen (secondary N) is 1. The van der Waals surface area contributed by atoms with Gasteiger partial charge >= 0.3 is 0 Å². The summed E-state index contributed by atoms with van der Waals surface area (Å²) in [6.45, 7) is 4.89. The number of hydrogen-bond acceptors (Lipinski definition) is 4. The van der Waals surface area contributed by atoms with E-state index in [1.807, 2.05) is 6.08 Å². The summed E-state index contributed by atoms with van der Waals surface area (Å²) in [6, 6.07) is 0.480. The van der Waals surface area contributed by atoms with E-state index in [1.54, 1.807) is 6.08 Å². The molecule has 0 aromatic heterocycles. The SMILES string of the molecule is CC(C)N1CNC2CC=CC(S(C)(=O)=O)=C21. The number of sulfone groups is 1. The molecule has 0 saturated carbocycles. The molecule has 0 aromatic carbocycles. The first-order valence-electron chi connectivity index (χ1n) is 5.52. The summed E-state index contributed by atoms with van der Waals surface area (Å²) < 4.78 is 23.5. The molecule has 1 unspecified atom stereocenters. The molecule has 1 aliphatic carbocycles. The summed E-state index contributed by atoms with van der Waals surface area (Å²) in [6.07, 6.45) is 5.82. The lowest BCUT2D eigenvalue weighted by atomic mass is 10.1. The maximum Gasteiger partial charge on any atom is 0.177 e. The number of allylic oxidation sites excluding steroid dienone is 1. The van der Waals surface area contributed by atoms with Crippen LogP contribution in [0, 0.1) is 0 Å². The predicted octanol–water partition coefficient (Wildman–Crippen LogP) is 0.842. The third-order valence-electron chi connectivity index (χ3n) is 3.06. The van der Waals surface area contributed by atoms with Crippen molar-refractivity contribution in [2.24, 2.45) is 0 Å². The van der Waals surface area contributed by atoms with Crippen LogP contribution in [0.2, 0.25) is 0 Å². The van der Waals surface area contributed by atoms with Gasteiger partial charge in [-0.3, -0.25) is 5.32 Å². The van der Waals surface area contributed by atoms with E-state index in [2.05, 4.69) is 24.1 Å². The van der Waals surface area contributed by atoms with Crippen LogP contribution < -0.4 is 5.32 Å². The summed E-state index contributed by atoms with van der Waals surface area (Å²) in [5.74, 6) is 0. The van der Waals surface area contributed by atoms with E-state index in [-0.39, 0.29) is 6.04 Å². The Morgan fingerprint density at radius 3 is 2.75 bits per heavy atom. The standard InChI is InChI=1S/C11H18N2O2S/c1-8(2)13-7-12-9-5-4-6-10(11(9)13)16(3,14)15/h4,6,8-9,12H,5,7H2,1-3H3. The largest absolute Gasteiger partial charge is 0.357 e. The van der Waals surface area contributed by atoms with E-state index in [9.17, 15) is 8.42 Å². The highest BCUT2D eigenvalue weighted by molar-refractivity contribution is 7.94. The first-order valence-corrected chi connectivity index (χ1v) is 7.41. The molecule has 1 saturated heterocycles. The third kappa shape index (κ3) is 1.89. The smallest absolute Gasteiger partial charge is 0.177 e. The van der Waals surface area contributed by atoms with Gasteiger partial charge in [-0.15, -0.1) is 0 Å². The molecule has 5 heteroatoms. The van der Waals surface area contributed by atoms with Gasteiger partial charge in [0.25, 0.3) is 0 Å². The maximum absolute atomic E-state index is 11.7. The van der Waals surface area contributed by atoms with Gasteiger partial charge in [-0.05, 0) is 26.3 Å². The van der Waals surface area contributed by atoms with Crippen LogP contribution in [0.1, 0.15) is 20.3 Å². The minimum absolute atomic E-state index is 0.164. The van der Waals surface area contributed by atoms with E-state index in [0.29, 0.717) is 10.9 Å². The van der Waals surface area contributed by atoms with Crippen molar-refractivity contribution in [3.05, 3.63) is 22.8 Å². The van der Waals surface area contributed by atoms with Crippen molar-refractivity contribution in [1.82, 2.24) is 10.2 Å². The zero-order valence-electron chi connectivity index (χ0n) is 9.90. The fourth-order valence-electron chi connectivity index (χ4n) is 2.27. The minimum atomic E-state index is -3.14. The molecule has 1 N–H and O–H groups in total. The molecule has 1 atom stereocenters. The predicted molar refractivity (Wildman–Crippen MR) is 64.4 cm³/mol. The quantitative estimate of drug-likeness (QED) is 0.779. The lowest BCUT2D eigenvalue weighted by Crippen LogP contribution is -2.30. The lowest BCUT2D eigenvalue weighted by molar-refractivity contribution is 0.314. The van der Waals surface area contributed by atoms with Gasteiger partial charge in [0, 0.05) is 12.3 Å². The zero-order valence-corrected chi connectivity index (χ0v) is 10.7. The molecule has 1 fully saturated rings. The van der Waals surface area contributed by atoms with Crippen LogP contribution >= 0.6 is 0 Å². The average Bonchev–Trinajstić information content (AvgIpc) is 2.58. The van der Waals surface area contributed by atoms with Crippen molar-refractivity contribution in [3.8, 4) is 0 Å². The normalized spacial score (nSPS) is 25.5. The van der Waals surface area contributed by atoms with Gasteiger partial charge in [0.05, 0.1) is 23.3 Å². The average molecular weight is 242 g/mol. The third-order valence-corrected chi connectivity index (χ3v) is 4.21. The monoisotopic (exact) mass is 242 g/mol. The Labute approximate surface area is 96.9 Å². The van der Waals surface area contributed by atoms with Crippen molar-refractivity contribution < 1.29 is 8.42 Å². The van der Waals surface area contributed by atoms with E-state index < -0.39 is 9.84 Å². The Morgan fingerprint density at radius 1 is 1.50 bits per heavy atom. The number of hydrogen-bond donors (Lipinski definition) is 1. The summed E-state index contributed by atoms with van der Waals surface area (Å²) >= 11 is 0. The van der Waals surface area contributed by atoms with E-state index in [4.69, 9.17) is 0 Å². The van der Waals surface area contributed by atoms with Crippen LogP contribution in [0.4, 0.5) is 0 Å². The Hall–Kier alpha value is -0.810. The maximum atomic E-state index is 11.7. The van der Waals surface area contributed by atoms with Gasteiger partial charge < -0.3 is 4.90 Å². The van der Waals surface area contributed by atoms with Crippen LogP contribution in [0.3, 0.4) is 0 Å². The highest BCUT2D eigenvalue weighted by atomic mass is 32.2. The van der Waals surface area contributed by atoms with Crippen LogP contribution in [0.25, 0.3) is 0 Å². The second-order valence-electron chi connectivity index (χ2n) is 4.64. The van der Waals surface area contributed by atoms with Crippen LogP contribution in [0.5, 0.6) is 0 Å². The Kier molecular flexibility index (Phi) is 2.84. The first-order chi connectivity index (χ1) is 7.41. The molecule has 16 heavy (non-hydrogen) atoms. The van der Waals surface area contributed by atoms with Crippen molar-refractivity contribution >= 4 is 9.84 Å². The van der Waals surface area contributed by atoms with Gasteiger partial charge in [0.2, 0.25) is 0 Å². The number of rotatable bonds is 2. The highest BCUT2D eigenvalue weighted by Gasteiger charge is 2.34. The second-order valence-corrected chi connectivity index (χ2v) is 6.62. The number of fused-ring (bicyclic) bond motifs is 1. The fraction of sp³-hybridized carbons (Fsp3) is 0.636. The van der Waals surface area contributed by atoms with Crippen LogP contribution in [-0.2, 0) is 9.84 Å². The van der Waals surface area contributed by atoms with Crippen LogP contribution in [0.15, 0.2) is 22.8 Å². The summed E-state index contributed by atoms with van der Waals surface area (Å²) in [4.78, 5) is 2.60. The fourth-order valence-corrected chi connectivity index (χ4v) is 3.25. The van der Waals surface area contributed by atoms with Gasteiger partial charge in [-0.2, -0.15) is 0 Å². The molecule has 0 spiro atoms. The van der Waals surface area contributed by atoms with E-state index >= 15 is 0 Å². The minimum Gasteiger partial charge on any atom is -0.357 e. The van der Waals surface area contributed by atoms with Gasteiger partial charge in [-0.1, -0.05) is 6.08 Å². The molecule has 0 amide bonds. The van der Waals surface area contributed by atoms with Crippen molar-refractivity contribution in [1.29, 1.82) is 0 Å². The summed E-state index contributed by atoms with van der Waals surface area (Å²) in [5.41, 5.74) is 0.944. The molecule has 1 heterocycles. The summed E-state index contributed by atoms with van der Waals surface area (Å²) in [7, 11) is -3.14. The molecule has 0 radical (unpaired) electrons. The topological polar surface area (TPSA) is 49.4 Å². The highest BCUT2D eigenvalue weighted by Crippen LogP contribution is 2.30. The van der Waals surface area contributed by atoms with E-state index in [0.717, 1.165) is 18.8 Å². The van der Waals surface area contributed by atoms with Crippen molar-refractivity contribution in [2.45, 2.75) is 32.4 Å². The summed E-state index contributed by atoms with van der Waals surface area (Å²) in [5, 5.41) is 3.34. The molecule has 2 aliphatic rings. The molecule has 4 nitrogen and oxygen atoms in total. The molecule has 0 bridgehead atoms. The molecular weight excluding hydrogens is 224 g/mol. The Balaban J connectivity index is 2.52. The van der Waals surface area contributed by atoms with Crippen molar-refractivity contribution in [2.75, 3.05) is 12.9 Å². The number of nitrogens with zero attached hydrogens (tertiary/aromatic N) is 1. The van der Waals surface area contributed by atoms with E-state index in [1.165, 1.54) is 6.26 Å². The molecule has 0 aromatic rings. The van der Waals surface area contributed by atoms with Crippen molar-refractivity contribution in [3.63, 3.8) is 0 Å². The van der Waals surface area contributed by atoms with Gasteiger partial charge in [0.15, 0.2) is 9.84 Å².